The minimum Gasteiger partial charge on any atom is -0.393 e. The van der Waals surface area contributed by atoms with E-state index < -0.39 is 0 Å². The molecule has 3 heteroatoms. The standard InChI is InChI=1S/C21H34O3/c1-12(22)16-6-7-17-15-5-4-13-10-14(23)8-9-20(13,2)19(15)18(24)11-21(16,17)3/h12-17,19,22-23H,4-11H2,1-3H3/t12-,13-,14-,15+,16-,17+,19-,20+,21-/m1/s1. The Bertz CT molecular complexity index is 529. The SMILES string of the molecule is C[C@@H](O)[C@H]1CC[C@H]2[C@@H]3CC[C@@H]4C[C@H](O)CC[C@]4(C)[C@H]3C(=O)C[C@]12C. The van der Waals surface area contributed by atoms with Crippen LogP contribution in [0.25, 0.3) is 0 Å². The fourth-order valence-corrected chi connectivity index (χ4v) is 7.88. The number of Topliss-reactive ketones (excluding diaryl/α,β-unsaturated/α-hetero) is 1. The number of hydrogen-bond donors (Lipinski definition) is 2. The third-order valence-corrected chi connectivity index (χ3v) is 8.98. The predicted octanol–water partition coefficient (Wildman–Crippen LogP) is 3.57. The monoisotopic (exact) mass is 334 g/mol. The van der Waals surface area contributed by atoms with Crippen molar-refractivity contribution in [1.82, 2.24) is 0 Å². The maximum atomic E-state index is 13.3. The zero-order chi connectivity index (χ0) is 17.3. The van der Waals surface area contributed by atoms with Gasteiger partial charge in [0.2, 0.25) is 0 Å². The number of fused-ring (bicyclic) bond motifs is 5. The second kappa shape index (κ2) is 5.54. The van der Waals surface area contributed by atoms with Crippen molar-refractivity contribution in [2.75, 3.05) is 0 Å². The average Bonchev–Trinajstić information content (AvgIpc) is 2.84. The van der Waals surface area contributed by atoms with Gasteiger partial charge in [-0.25, -0.2) is 0 Å². The van der Waals surface area contributed by atoms with Crippen LogP contribution in [0.15, 0.2) is 0 Å². The van der Waals surface area contributed by atoms with Gasteiger partial charge in [0, 0.05) is 12.3 Å². The maximum absolute atomic E-state index is 13.3. The fourth-order valence-electron chi connectivity index (χ4n) is 7.88. The lowest BCUT2D eigenvalue weighted by molar-refractivity contribution is -0.163. The third-order valence-electron chi connectivity index (χ3n) is 8.98. The quantitative estimate of drug-likeness (QED) is 0.771. The van der Waals surface area contributed by atoms with Crippen molar-refractivity contribution in [1.29, 1.82) is 0 Å². The van der Waals surface area contributed by atoms with Crippen LogP contribution in [0.3, 0.4) is 0 Å². The Morgan fingerprint density at radius 1 is 1.08 bits per heavy atom. The first-order valence-electron chi connectivity index (χ1n) is 10.2. The number of hydrogen-bond acceptors (Lipinski definition) is 3. The largest absolute Gasteiger partial charge is 0.393 e. The van der Waals surface area contributed by atoms with E-state index in [0.717, 1.165) is 32.1 Å². The Morgan fingerprint density at radius 3 is 2.54 bits per heavy atom. The number of rotatable bonds is 1. The summed E-state index contributed by atoms with van der Waals surface area (Å²) in [7, 11) is 0. The van der Waals surface area contributed by atoms with Gasteiger partial charge < -0.3 is 10.2 Å². The third kappa shape index (κ3) is 2.19. The van der Waals surface area contributed by atoms with Gasteiger partial charge in [0.25, 0.3) is 0 Å². The summed E-state index contributed by atoms with van der Waals surface area (Å²) in [6.07, 6.45) is 7.56. The van der Waals surface area contributed by atoms with Crippen molar-refractivity contribution in [3.05, 3.63) is 0 Å². The van der Waals surface area contributed by atoms with Gasteiger partial charge in [-0.2, -0.15) is 0 Å². The molecule has 9 atom stereocenters. The maximum Gasteiger partial charge on any atom is 0.137 e. The summed E-state index contributed by atoms with van der Waals surface area (Å²) in [5.41, 5.74) is 0.104. The molecule has 4 aliphatic rings. The first-order valence-corrected chi connectivity index (χ1v) is 10.2. The normalized spacial score (nSPS) is 55.5. The van der Waals surface area contributed by atoms with Gasteiger partial charge in [-0.3, -0.25) is 4.79 Å². The van der Waals surface area contributed by atoms with E-state index in [1.54, 1.807) is 0 Å². The molecule has 0 heterocycles. The molecule has 4 rings (SSSR count). The minimum absolute atomic E-state index is 0.00376. The van der Waals surface area contributed by atoms with Crippen molar-refractivity contribution in [3.63, 3.8) is 0 Å². The van der Waals surface area contributed by atoms with E-state index in [2.05, 4.69) is 13.8 Å². The molecule has 0 spiro atoms. The molecule has 4 aliphatic carbocycles. The van der Waals surface area contributed by atoms with Crippen LogP contribution in [0, 0.1) is 40.4 Å². The average molecular weight is 335 g/mol. The summed E-state index contributed by atoms with van der Waals surface area (Å²) in [5, 5.41) is 20.4. The van der Waals surface area contributed by atoms with Crippen LogP contribution in [0.4, 0.5) is 0 Å². The van der Waals surface area contributed by atoms with E-state index in [4.69, 9.17) is 0 Å². The van der Waals surface area contributed by atoms with Crippen molar-refractivity contribution in [2.24, 2.45) is 40.4 Å². The fraction of sp³-hybridized carbons (Fsp3) is 0.952. The smallest absolute Gasteiger partial charge is 0.137 e. The Hall–Kier alpha value is -0.410. The van der Waals surface area contributed by atoms with Gasteiger partial charge in [-0.1, -0.05) is 13.8 Å². The minimum atomic E-state index is -0.305. The van der Waals surface area contributed by atoms with Crippen molar-refractivity contribution in [3.8, 4) is 0 Å². The van der Waals surface area contributed by atoms with Crippen molar-refractivity contribution < 1.29 is 15.0 Å². The van der Waals surface area contributed by atoms with E-state index in [0.29, 0.717) is 30.0 Å². The molecule has 0 saturated heterocycles. The molecule has 4 saturated carbocycles. The predicted molar refractivity (Wildman–Crippen MR) is 93.3 cm³/mol. The van der Waals surface area contributed by atoms with Gasteiger partial charge in [0.15, 0.2) is 0 Å². The second-order valence-corrected chi connectivity index (χ2v) is 10.0. The van der Waals surface area contributed by atoms with Gasteiger partial charge in [-0.05, 0) is 86.4 Å². The Balaban J connectivity index is 1.67. The van der Waals surface area contributed by atoms with E-state index in [1.165, 1.54) is 12.8 Å². The highest BCUT2D eigenvalue weighted by molar-refractivity contribution is 5.84. The first-order chi connectivity index (χ1) is 11.3. The number of ketones is 1. The number of aliphatic hydroxyl groups excluding tert-OH is 2. The zero-order valence-corrected chi connectivity index (χ0v) is 15.5. The van der Waals surface area contributed by atoms with Crippen LogP contribution >= 0.6 is 0 Å². The molecule has 136 valence electrons. The molecule has 24 heavy (non-hydrogen) atoms. The Morgan fingerprint density at radius 2 is 1.83 bits per heavy atom. The van der Waals surface area contributed by atoms with Crippen LogP contribution in [0.2, 0.25) is 0 Å². The summed E-state index contributed by atoms with van der Waals surface area (Å²) < 4.78 is 0. The molecule has 0 aromatic rings. The molecular weight excluding hydrogens is 300 g/mol. The summed E-state index contributed by atoms with van der Waals surface area (Å²) in [6, 6.07) is 0. The van der Waals surface area contributed by atoms with E-state index >= 15 is 0 Å². The number of aliphatic hydroxyl groups is 2. The first kappa shape index (κ1) is 17.0. The topological polar surface area (TPSA) is 57.5 Å². The lowest BCUT2D eigenvalue weighted by Gasteiger charge is -2.60. The van der Waals surface area contributed by atoms with Crippen molar-refractivity contribution >= 4 is 5.78 Å². The molecule has 3 nitrogen and oxygen atoms in total. The summed E-state index contributed by atoms with van der Waals surface area (Å²) in [4.78, 5) is 13.3. The molecule has 0 radical (unpaired) electrons. The molecule has 0 bridgehead atoms. The Kier molecular flexibility index (Phi) is 3.93. The van der Waals surface area contributed by atoms with E-state index in [-0.39, 0.29) is 34.9 Å². The van der Waals surface area contributed by atoms with Gasteiger partial charge in [0.1, 0.15) is 5.78 Å². The molecule has 0 aromatic carbocycles. The van der Waals surface area contributed by atoms with Gasteiger partial charge >= 0.3 is 0 Å². The van der Waals surface area contributed by atoms with E-state index in [1.807, 2.05) is 6.92 Å². The van der Waals surface area contributed by atoms with Crippen LogP contribution in [-0.2, 0) is 4.79 Å². The lowest BCUT2D eigenvalue weighted by atomic mass is 9.44. The molecule has 0 amide bonds. The van der Waals surface area contributed by atoms with Crippen LogP contribution < -0.4 is 0 Å². The second-order valence-electron chi connectivity index (χ2n) is 10.0. The van der Waals surface area contributed by atoms with Crippen LogP contribution in [0.1, 0.15) is 72.1 Å². The zero-order valence-electron chi connectivity index (χ0n) is 15.5. The number of carbonyl (C=O) groups is 1. The number of carbonyl (C=O) groups excluding carboxylic acids is 1. The molecular formula is C21H34O3. The Labute approximate surface area is 146 Å². The highest BCUT2D eigenvalue weighted by Crippen LogP contribution is 2.66. The molecule has 2 N–H and O–H groups in total. The van der Waals surface area contributed by atoms with Crippen molar-refractivity contribution in [2.45, 2.75) is 84.3 Å². The summed E-state index contributed by atoms with van der Waals surface area (Å²) in [6.45, 7) is 6.55. The molecule has 4 fully saturated rings. The molecule has 0 aliphatic heterocycles. The summed E-state index contributed by atoms with van der Waals surface area (Å²) >= 11 is 0. The highest BCUT2D eigenvalue weighted by Gasteiger charge is 2.63. The molecule has 0 aromatic heterocycles. The van der Waals surface area contributed by atoms with Gasteiger partial charge in [-0.15, -0.1) is 0 Å². The van der Waals surface area contributed by atoms with Gasteiger partial charge in [0.05, 0.1) is 12.2 Å². The van der Waals surface area contributed by atoms with Crippen LogP contribution in [0.5, 0.6) is 0 Å². The highest BCUT2D eigenvalue weighted by atomic mass is 16.3. The van der Waals surface area contributed by atoms with Crippen LogP contribution in [-0.4, -0.2) is 28.2 Å². The van der Waals surface area contributed by atoms with E-state index in [9.17, 15) is 15.0 Å². The summed E-state index contributed by atoms with van der Waals surface area (Å²) in [5.74, 6) is 2.58. The molecule has 0 unspecified atom stereocenters. The lowest BCUT2D eigenvalue weighted by Crippen LogP contribution is -2.58.